The van der Waals surface area contributed by atoms with Crippen LogP contribution in [0.3, 0.4) is 0 Å². The maximum Gasteiger partial charge on any atom is 0.254 e. The first kappa shape index (κ1) is 27.1. The Morgan fingerprint density at radius 2 is 1.86 bits per heavy atom. The van der Waals surface area contributed by atoms with Gasteiger partial charge < -0.3 is 4.90 Å². The SMILES string of the molecule is CC1=CC(C)C(C)C(Sc2ccc(C#N)cc2S(=O)(=O)CN2CCN(C(=O)c3cccc(F)c3)CC2)=C1. The number of nitrogens with zero attached hydrogens (tertiary/aromatic N) is 3. The number of hydrogen-bond donors (Lipinski definition) is 0. The normalized spacial score (nSPS) is 20.7. The highest BCUT2D eigenvalue weighted by Gasteiger charge is 2.29. The Morgan fingerprint density at radius 3 is 2.54 bits per heavy atom. The molecule has 2 aliphatic rings. The number of carbonyl (C=O) groups is 1. The molecule has 1 aliphatic heterocycles. The van der Waals surface area contributed by atoms with Crippen molar-refractivity contribution in [2.75, 3.05) is 32.1 Å². The van der Waals surface area contributed by atoms with E-state index < -0.39 is 15.7 Å². The van der Waals surface area contributed by atoms with Crippen molar-refractivity contribution in [3.8, 4) is 6.07 Å². The minimum atomic E-state index is -3.75. The molecule has 1 fully saturated rings. The lowest BCUT2D eigenvalue weighted by molar-refractivity contribution is 0.0656. The molecule has 2 atom stereocenters. The van der Waals surface area contributed by atoms with Gasteiger partial charge in [0.05, 0.1) is 16.5 Å². The van der Waals surface area contributed by atoms with E-state index in [1.54, 1.807) is 28.0 Å². The predicted molar refractivity (Wildman–Crippen MR) is 143 cm³/mol. The Balaban J connectivity index is 1.50. The lowest BCUT2D eigenvalue weighted by Crippen LogP contribution is -2.49. The van der Waals surface area contributed by atoms with E-state index in [1.807, 2.05) is 6.92 Å². The molecule has 0 N–H and O–H groups in total. The van der Waals surface area contributed by atoms with Crippen LogP contribution in [-0.4, -0.2) is 56.2 Å². The third-order valence-corrected chi connectivity index (χ3v) is 10.00. The van der Waals surface area contributed by atoms with Gasteiger partial charge in [0.25, 0.3) is 5.91 Å². The van der Waals surface area contributed by atoms with Crippen molar-refractivity contribution in [2.45, 2.75) is 30.6 Å². The molecule has 37 heavy (non-hydrogen) atoms. The average Bonchev–Trinajstić information content (AvgIpc) is 2.87. The van der Waals surface area contributed by atoms with E-state index in [0.717, 1.165) is 10.5 Å². The zero-order chi connectivity index (χ0) is 26.7. The van der Waals surface area contributed by atoms with Crippen LogP contribution in [0.25, 0.3) is 0 Å². The minimum Gasteiger partial charge on any atom is -0.336 e. The van der Waals surface area contributed by atoms with Gasteiger partial charge in [-0.15, -0.1) is 0 Å². The highest BCUT2D eigenvalue weighted by Crippen LogP contribution is 2.42. The van der Waals surface area contributed by atoms with Crippen LogP contribution in [0.5, 0.6) is 0 Å². The summed E-state index contributed by atoms with van der Waals surface area (Å²) in [5.41, 5.74) is 1.72. The monoisotopic (exact) mass is 539 g/mol. The minimum absolute atomic E-state index is 0.155. The predicted octanol–water partition coefficient (Wildman–Crippen LogP) is 5.09. The van der Waals surface area contributed by atoms with Crippen molar-refractivity contribution in [1.29, 1.82) is 5.26 Å². The van der Waals surface area contributed by atoms with E-state index in [1.165, 1.54) is 36.0 Å². The molecule has 2 aromatic rings. The van der Waals surface area contributed by atoms with Crippen molar-refractivity contribution in [1.82, 2.24) is 9.80 Å². The lowest BCUT2D eigenvalue weighted by atomic mass is 9.89. The molecule has 0 radical (unpaired) electrons. The number of nitriles is 1. The van der Waals surface area contributed by atoms with Gasteiger partial charge in [0.1, 0.15) is 11.7 Å². The number of sulfone groups is 1. The maximum atomic E-state index is 13.6. The molecule has 1 aliphatic carbocycles. The number of benzene rings is 2. The second kappa shape index (κ2) is 11.2. The number of carbonyl (C=O) groups excluding carboxylic acids is 1. The second-order valence-electron chi connectivity index (χ2n) is 9.64. The summed E-state index contributed by atoms with van der Waals surface area (Å²) in [6.45, 7) is 7.77. The summed E-state index contributed by atoms with van der Waals surface area (Å²) >= 11 is 1.45. The molecule has 1 saturated heterocycles. The Labute approximate surface area is 222 Å². The molecule has 9 heteroatoms. The molecule has 2 unspecified atom stereocenters. The van der Waals surface area contributed by atoms with Gasteiger partial charge in [0, 0.05) is 36.6 Å². The first-order valence-electron chi connectivity index (χ1n) is 12.2. The number of amides is 1. The van der Waals surface area contributed by atoms with Crippen molar-refractivity contribution >= 4 is 27.5 Å². The van der Waals surface area contributed by atoms with Crippen LogP contribution >= 0.6 is 11.8 Å². The Kier molecular flexibility index (Phi) is 8.22. The molecular formula is C28H30FN3O3S2. The molecule has 1 amide bonds. The molecule has 194 valence electrons. The number of piperazine rings is 1. The largest absolute Gasteiger partial charge is 0.336 e. The average molecular weight is 540 g/mol. The third kappa shape index (κ3) is 6.32. The van der Waals surface area contributed by atoms with E-state index >= 15 is 0 Å². The summed E-state index contributed by atoms with van der Waals surface area (Å²) in [6.07, 6.45) is 4.31. The fraction of sp³-hybridized carbons (Fsp3) is 0.357. The van der Waals surface area contributed by atoms with Crippen LogP contribution in [0.1, 0.15) is 36.7 Å². The zero-order valence-electron chi connectivity index (χ0n) is 21.1. The summed E-state index contributed by atoms with van der Waals surface area (Å²) in [5.74, 6) is -0.346. The first-order valence-corrected chi connectivity index (χ1v) is 14.7. The van der Waals surface area contributed by atoms with Gasteiger partial charge in [-0.1, -0.05) is 43.3 Å². The van der Waals surface area contributed by atoms with E-state index in [-0.39, 0.29) is 28.2 Å². The molecule has 0 aromatic heterocycles. The van der Waals surface area contributed by atoms with Crippen LogP contribution in [0.2, 0.25) is 0 Å². The van der Waals surface area contributed by atoms with E-state index in [0.29, 0.717) is 42.6 Å². The molecule has 1 heterocycles. The molecule has 2 aromatic carbocycles. The Bertz CT molecular complexity index is 1400. The number of rotatable bonds is 6. The van der Waals surface area contributed by atoms with Gasteiger partial charge >= 0.3 is 0 Å². The summed E-state index contributed by atoms with van der Waals surface area (Å²) in [6, 6.07) is 12.5. The van der Waals surface area contributed by atoms with E-state index in [4.69, 9.17) is 0 Å². The fourth-order valence-electron chi connectivity index (χ4n) is 4.57. The third-order valence-electron chi connectivity index (χ3n) is 6.85. The Hall–Kier alpha value is -2.93. The summed E-state index contributed by atoms with van der Waals surface area (Å²) in [7, 11) is -3.75. The van der Waals surface area contributed by atoms with Gasteiger partial charge in [-0.2, -0.15) is 5.26 Å². The van der Waals surface area contributed by atoms with E-state index in [9.17, 15) is 22.9 Å². The number of thioether (sulfide) groups is 1. The maximum absolute atomic E-state index is 13.6. The van der Waals surface area contributed by atoms with Gasteiger partial charge in [-0.25, -0.2) is 12.8 Å². The lowest BCUT2D eigenvalue weighted by Gasteiger charge is -2.34. The molecule has 4 rings (SSSR count). The zero-order valence-corrected chi connectivity index (χ0v) is 22.8. The van der Waals surface area contributed by atoms with Crippen LogP contribution in [0.4, 0.5) is 4.39 Å². The summed E-state index contributed by atoms with van der Waals surface area (Å²) < 4.78 is 40.7. The van der Waals surface area contributed by atoms with Crippen LogP contribution in [-0.2, 0) is 9.84 Å². The van der Waals surface area contributed by atoms with Crippen molar-refractivity contribution in [3.63, 3.8) is 0 Å². The first-order chi connectivity index (χ1) is 17.6. The van der Waals surface area contributed by atoms with Crippen LogP contribution in [0, 0.1) is 29.0 Å². The summed E-state index contributed by atoms with van der Waals surface area (Å²) in [5, 5.41) is 9.42. The van der Waals surface area contributed by atoms with Gasteiger partial charge in [0.15, 0.2) is 9.84 Å². The van der Waals surface area contributed by atoms with Crippen LogP contribution in [0.15, 0.2) is 74.9 Å². The van der Waals surface area contributed by atoms with Crippen LogP contribution < -0.4 is 0 Å². The van der Waals surface area contributed by atoms with Gasteiger partial charge in [0.2, 0.25) is 0 Å². The number of hydrogen-bond acceptors (Lipinski definition) is 6. The number of allylic oxidation sites excluding steroid dienone is 4. The molecule has 0 saturated carbocycles. The Morgan fingerprint density at radius 1 is 1.14 bits per heavy atom. The van der Waals surface area contributed by atoms with Gasteiger partial charge in [-0.05, 0) is 66.1 Å². The van der Waals surface area contributed by atoms with Crippen molar-refractivity contribution < 1.29 is 17.6 Å². The van der Waals surface area contributed by atoms with Crippen molar-refractivity contribution in [3.05, 3.63) is 82.0 Å². The van der Waals surface area contributed by atoms with Crippen molar-refractivity contribution in [2.24, 2.45) is 11.8 Å². The van der Waals surface area contributed by atoms with E-state index in [2.05, 4.69) is 32.1 Å². The number of halogens is 1. The van der Waals surface area contributed by atoms with Gasteiger partial charge in [-0.3, -0.25) is 9.69 Å². The fourth-order valence-corrected chi connectivity index (χ4v) is 7.83. The highest BCUT2D eigenvalue weighted by molar-refractivity contribution is 8.03. The second-order valence-corrected chi connectivity index (χ2v) is 12.7. The quantitative estimate of drug-likeness (QED) is 0.508. The molecule has 0 bridgehead atoms. The highest BCUT2D eigenvalue weighted by atomic mass is 32.2. The summed E-state index contributed by atoms with van der Waals surface area (Å²) in [4.78, 5) is 18.0. The molecule has 0 spiro atoms. The topological polar surface area (TPSA) is 81.5 Å². The smallest absolute Gasteiger partial charge is 0.254 e. The molecular weight excluding hydrogens is 509 g/mol. The molecule has 6 nitrogen and oxygen atoms in total. The standard InChI is InChI=1S/C28H30FN3O3S2/c1-19-13-20(2)21(3)26(14-19)36-25-8-7-22(17-30)15-27(25)37(34,35)18-31-9-11-32(12-10-31)28(33)23-5-4-6-24(29)16-23/h4-8,13-16,20-21H,9-12,18H2,1-3H3.